The van der Waals surface area contributed by atoms with Crippen molar-refractivity contribution in [2.45, 2.75) is 19.0 Å². The molecule has 5 nitrogen and oxygen atoms in total. The van der Waals surface area contributed by atoms with Gasteiger partial charge in [-0.1, -0.05) is 36.4 Å². The third-order valence-corrected chi connectivity index (χ3v) is 5.15. The maximum Gasteiger partial charge on any atom is 0.418 e. The van der Waals surface area contributed by atoms with Crippen LogP contribution in [-0.4, -0.2) is 29.2 Å². The molecule has 3 aromatic carbocycles. The lowest BCUT2D eigenvalue weighted by molar-refractivity contribution is -0.137. The molecule has 0 saturated carbocycles. The molecule has 0 spiro atoms. The Morgan fingerprint density at radius 1 is 0.871 bits per heavy atom. The number of nitrogens with one attached hydrogen (secondary N) is 1. The van der Waals surface area contributed by atoms with Crippen LogP contribution in [0.15, 0.2) is 60.7 Å². The van der Waals surface area contributed by atoms with Gasteiger partial charge in [-0.15, -0.1) is 0 Å². The van der Waals surface area contributed by atoms with Crippen LogP contribution in [0.25, 0.3) is 10.8 Å². The van der Waals surface area contributed by atoms with E-state index < -0.39 is 29.5 Å². The highest BCUT2D eigenvalue weighted by atomic mass is 19.4. The molecule has 31 heavy (non-hydrogen) atoms. The van der Waals surface area contributed by atoms with Crippen LogP contribution in [0.4, 0.5) is 18.9 Å². The summed E-state index contributed by atoms with van der Waals surface area (Å²) in [6.07, 6.45) is -4.62. The number of amides is 3. The molecular weight excluding hydrogens is 409 g/mol. The van der Waals surface area contributed by atoms with Crippen molar-refractivity contribution in [1.82, 2.24) is 4.90 Å². The van der Waals surface area contributed by atoms with Crippen molar-refractivity contribution in [3.8, 4) is 0 Å². The van der Waals surface area contributed by atoms with E-state index in [1.807, 2.05) is 12.1 Å². The van der Waals surface area contributed by atoms with Gasteiger partial charge < -0.3 is 5.32 Å². The lowest BCUT2D eigenvalue weighted by Crippen LogP contribution is -2.41. The fourth-order valence-electron chi connectivity index (χ4n) is 3.73. The minimum Gasteiger partial charge on any atom is -0.326 e. The zero-order valence-electron chi connectivity index (χ0n) is 16.2. The van der Waals surface area contributed by atoms with Crippen molar-refractivity contribution in [2.75, 3.05) is 11.9 Å². The molecule has 0 saturated heterocycles. The molecule has 3 amide bonds. The van der Waals surface area contributed by atoms with E-state index in [-0.39, 0.29) is 25.1 Å². The summed E-state index contributed by atoms with van der Waals surface area (Å²) in [5, 5.41) is 3.66. The summed E-state index contributed by atoms with van der Waals surface area (Å²) in [6.45, 7) is -0.0171. The van der Waals surface area contributed by atoms with Gasteiger partial charge in [-0.05, 0) is 36.1 Å². The van der Waals surface area contributed by atoms with Crippen molar-refractivity contribution < 1.29 is 27.6 Å². The van der Waals surface area contributed by atoms with Crippen molar-refractivity contribution in [3.05, 3.63) is 77.4 Å². The molecule has 0 aromatic heterocycles. The van der Waals surface area contributed by atoms with E-state index in [1.54, 1.807) is 24.3 Å². The van der Waals surface area contributed by atoms with E-state index in [2.05, 4.69) is 5.32 Å². The zero-order chi connectivity index (χ0) is 22.2. The topological polar surface area (TPSA) is 66.5 Å². The summed E-state index contributed by atoms with van der Waals surface area (Å²) < 4.78 is 39.2. The number of carbonyl (C=O) groups is 3. The highest BCUT2D eigenvalue weighted by Crippen LogP contribution is 2.34. The first kappa shape index (κ1) is 20.6. The molecule has 0 fully saturated rings. The minimum atomic E-state index is -4.59. The Hall–Kier alpha value is -3.68. The molecule has 158 valence electrons. The SMILES string of the molecule is O=C(CCCN1C(=O)c2cccc3cccc(c23)C1=O)Nc1ccccc1C(F)(F)F. The van der Waals surface area contributed by atoms with E-state index in [1.165, 1.54) is 18.2 Å². The third-order valence-electron chi connectivity index (χ3n) is 5.15. The number of hydrogen-bond donors (Lipinski definition) is 1. The number of carbonyl (C=O) groups excluding carboxylic acids is 3. The Morgan fingerprint density at radius 2 is 1.48 bits per heavy atom. The van der Waals surface area contributed by atoms with E-state index in [9.17, 15) is 27.6 Å². The summed E-state index contributed by atoms with van der Waals surface area (Å²) in [7, 11) is 0. The number of para-hydroxylation sites is 1. The van der Waals surface area contributed by atoms with Gasteiger partial charge in [0.1, 0.15) is 0 Å². The standard InChI is InChI=1S/C23H17F3N2O3/c24-23(25,26)17-10-1-2-11-18(17)27-19(29)12-5-13-28-21(30)15-8-3-6-14-7-4-9-16(20(14)15)22(28)31/h1-4,6-11H,5,12-13H2,(H,27,29). The average molecular weight is 426 g/mol. The molecule has 0 bridgehead atoms. The number of halogens is 3. The van der Waals surface area contributed by atoms with Crippen molar-refractivity contribution in [3.63, 3.8) is 0 Å². The van der Waals surface area contributed by atoms with Gasteiger partial charge >= 0.3 is 6.18 Å². The number of anilines is 1. The number of alkyl halides is 3. The first-order chi connectivity index (χ1) is 14.8. The fraction of sp³-hybridized carbons (Fsp3) is 0.174. The highest BCUT2D eigenvalue weighted by molar-refractivity contribution is 6.25. The minimum absolute atomic E-state index is 0.0171. The molecule has 3 aromatic rings. The van der Waals surface area contributed by atoms with Crippen molar-refractivity contribution >= 4 is 34.2 Å². The maximum absolute atomic E-state index is 13.1. The molecule has 1 heterocycles. The zero-order valence-corrected chi connectivity index (χ0v) is 16.2. The van der Waals surface area contributed by atoms with Crippen LogP contribution < -0.4 is 5.32 Å². The second-order valence-corrected chi connectivity index (χ2v) is 7.17. The summed E-state index contributed by atoms with van der Waals surface area (Å²) in [4.78, 5) is 38.9. The van der Waals surface area contributed by atoms with Crippen LogP contribution in [0.1, 0.15) is 39.1 Å². The van der Waals surface area contributed by atoms with Crippen LogP contribution in [0.5, 0.6) is 0 Å². The van der Waals surface area contributed by atoms with Gasteiger partial charge in [0.05, 0.1) is 11.3 Å². The van der Waals surface area contributed by atoms with E-state index in [4.69, 9.17) is 0 Å². The van der Waals surface area contributed by atoms with Crippen molar-refractivity contribution in [1.29, 1.82) is 0 Å². The quantitative estimate of drug-likeness (QED) is 0.592. The van der Waals surface area contributed by atoms with Crippen LogP contribution in [0.3, 0.4) is 0 Å². The molecule has 0 radical (unpaired) electrons. The van der Waals surface area contributed by atoms with Gasteiger partial charge in [-0.3, -0.25) is 19.3 Å². The molecule has 1 N–H and O–H groups in total. The smallest absolute Gasteiger partial charge is 0.326 e. The fourth-order valence-corrected chi connectivity index (χ4v) is 3.73. The van der Waals surface area contributed by atoms with Crippen LogP contribution in [0.2, 0.25) is 0 Å². The monoisotopic (exact) mass is 426 g/mol. The van der Waals surface area contributed by atoms with E-state index in [0.29, 0.717) is 16.5 Å². The predicted molar refractivity (Wildman–Crippen MR) is 109 cm³/mol. The number of hydrogen-bond acceptors (Lipinski definition) is 3. The van der Waals surface area contributed by atoms with Gasteiger partial charge in [0.2, 0.25) is 5.91 Å². The number of nitrogens with zero attached hydrogens (tertiary/aromatic N) is 1. The van der Waals surface area contributed by atoms with Crippen LogP contribution in [-0.2, 0) is 11.0 Å². The Morgan fingerprint density at radius 3 is 2.10 bits per heavy atom. The Labute approximate surface area is 175 Å². The molecule has 1 aliphatic heterocycles. The van der Waals surface area contributed by atoms with E-state index in [0.717, 1.165) is 16.4 Å². The molecule has 8 heteroatoms. The summed E-state index contributed by atoms with van der Waals surface area (Å²) in [5.41, 5.74) is -0.437. The Balaban J connectivity index is 1.44. The molecule has 4 rings (SSSR count). The molecule has 1 aliphatic rings. The molecule has 0 unspecified atom stereocenters. The predicted octanol–water partition coefficient (Wildman–Crippen LogP) is 4.87. The summed E-state index contributed by atoms with van der Waals surface area (Å²) in [5.74, 6) is -1.52. The van der Waals surface area contributed by atoms with E-state index >= 15 is 0 Å². The normalized spacial score (nSPS) is 13.6. The molecule has 0 aliphatic carbocycles. The number of benzene rings is 3. The largest absolute Gasteiger partial charge is 0.418 e. The molecular formula is C23H17F3N2O3. The molecule has 0 atom stereocenters. The second-order valence-electron chi connectivity index (χ2n) is 7.17. The lowest BCUT2D eigenvalue weighted by Gasteiger charge is -2.27. The van der Waals surface area contributed by atoms with Gasteiger partial charge in [0, 0.05) is 29.5 Å². The van der Waals surface area contributed by atoms with Crippen LogP contribution in [0, 0.1) is 0 Å². The van der Waals surface area contributed by atoms with Gasteiger partial charge in [0.15, 0.2) is 0 Å². The van der Waals surface area contributed by atoms with Crippen LogP contribution >= 0.6 is 0 Å². The maximum atomic E-state index is 13.1. The third kappa shape index (κ3) is 3.88. The summed E-state index contributed by atoms with van der Waals surface area (Å²) in [6, 6.07) is 15.1. The van der Waals surface area contributed by atoms with Gasteiger partial charge in [-0.25, -0.2) is 0 Å². The number of imide groups is 1. The highest BCUT2D eigenvalue weighted by Gasteiger charge is 2.34. The van der Waals surface area contributed by atoms with Gasteiger partial charge in [-0.2, -0.15) is 13.2 Å². The Kier molecular flexibility index (Phi) is 5.22. The summed E-state index contributed by atoms with van der Waals surface area (Å²) >= 11 is 0. The second kappa shape index (κ2) is 7.86. The Bertz CT molecular complexity index is 1150. The van der Waals surface area contributed by atoms with Gasteiger partial charge in [0.25, 0.3) is 11.8 Å². The van der Waals surface area contributed by atoms with Crippen molar-refractivity contribution in [2.24, 2.45) is 0 Å². The average Bonchev–Trinajstić information content (AvgIpc) is 2.74. The lowest BCUT2D eigenvalue weighted by atomic mass is 9.94. The number of rotatable bonds is 5. The first-order valence-electron chi connectivity index (χ1n) is 9.61. The first-order valence-corrected chi connectivity index (χ1v) is 9.61.